The molecule has 0 aromatic carbocycles. The Hall–Kier alpha value is -0.540. The van der Waals surface area contributed by atoms with Gasteiger partial charge in [-0.3, -0.25) is 4.79 Å². The maximum absolute atomic E-state index is 10.6. The van der Waals surface area contributed by atoms with Gasteiger partial charge in [0.05, 0.1) is 0 Å². The Kier molecular flexibility index (Phi) is 4.07. The molecule has 0 bridgehead atoms. The number of hydrogen-bond donors (Lipinski definition) is 1. The molecule has 0 aromatic rings. The zero-order valence-corrected chi connectivity index (χ0v) is 6.34. The van der Waals surface area contributed by atoms with E-state index >= 15 is 0 Å². The average Bonchev–Trinajstić information content (AvgIpc) is 1.85. The zero-order valence-electron chi connectivity index (χ0n) is 5.58. The highest BCUT2D eigenvalue weighted by molar-refractivity contribution is 6.31. The number of carbonyl (C=O) groups excluding carboxylic acids is 1. The first-order chi connectivity index (χ1) is 4.57. The molecule has 0 saturated carbocycles. The third-order valence-electron chi connectivity index (χ3n) is 0.719. The summed E-state index contributed by atoms with van der Waals surface area (Å²) in [5.74, 6) is -0.688. The number of aliphatic hydroxyl groups is 1. The van der Waals surface area contributed by atoms with Gasteiger partial charge in [-0.2, -0.15) is 0 Å². The molecule has 2 atom stereocenters. The number of alkyl halides is 1. The Bertz CT molecular complexity index is 133. The molecule has 0 rings (SSSR count). The van der Waals surface area contributed by atoms with Crippen LogP contribution in [0.25, 0.3) is 0 Å². The van der Waals surface area contributed by atoms with E-state index < -0.39 is 17.6 Å². The predicted molar refractivity (Wildman–Crippen MR) is 37.6 cm³/mol. The second-order valence-corrected chi connectivity index (χ2v) is 2.14. The maximum atomic E-state index is 10.6. The molecule has 10 heavy (non-hydrogen) atoms. The molecule has 4 heteroatoms. The molecule has 1 N–H and O–H groups in total. The minimum Gasteiger partial charge on any atom is -0.435 e. The quantitative estimate of drug-likeness (QED) is 0.289. The highest BCUT2D eigenvalue weighted by atomic mass is 35.5. The van der Waals surface area contributed by atoms with Crippen molar-refractivity contribution in [2.45, 2.75) is 18.6 Å². The van der Waals surface area contributed by atoms with Crippen LogP contribution < -0.4 is 0 Å². The van der Waals surface area contributed by atoms with Crippen LogP contribution in [0.5, 0.6) is 0 Å². The summed E-state index contributed by atoms with van der Waals surface area (Å²) in [6.45, 7) is 4.60. The van der Waals surface area contributed by atoms with Crippen LogP contribution in [0, 0.1) is 0 Å². The van der Waals surface area contributed by atoms with Crippen LogP contribution in [0.4, 0.5) is 0 Å². The number of ether oxygens (including phenoxy) is 1. The van der Waals surface area contributed by atoms with Gasteiger partial charge in [0, 0.05) is 0 Å². The second kappa shape index (κ2) is 4.30. The van der Waals surface area contributed by atoms with Crippen molar-refractivity contribution in [1.82, 2.24) is 0 Å². The van der Waals surface area contributed by atoms with Crippen molar-refractivity contribution in [3.63, 3.8) is 0 Å². The van der Waals surface area contributed by atoms with E-state index in [1.165, 1.54) is 13.0 Å². The SMILES string of the molecule is C=CC(Cl)C(=O)OC(C)O. The topological polar surface area (TPSA) is 46.5 Å². The van der Waals surface area contributed by atoms with Gasteiger partial charge in [0.25, 0.3) is 0 Å². The van der Waals surface area contributed by atoms with Crippen LogP contribution in [0.3, 0.4) is 0 Å². The minimum absolute atomic E-state index is 0.688. The summed E-state index contributed by atoms with van der Waals surface area (Å²) in [4.78, 5) is 10.6. The summed E-state index contributed by atoms with van der Waals surface area (Å²) in [5.41, 5.74) is 0. The van der Waals surface area contributed by atoms with Crippen LogP contribution in [-0.2, 0) is 9.53 Å². The predicted octanol–water partition coefficient (Wildman–Crippen LogP) is 0.661. The lowest BCUT2D eigenvalue weighted by atomic mass is 10.4. The molecule has 0 aromatic heterocycles. The Morgan fingerprint density at radius 3 is 2.70 bits per heavy atom. The van der Waals surface area contributed by atoms with Crippen molar-refractivity contribution in [1.29, 1.82) is 0 Å². The summed E-state index contributed by atoms with van der Waals surface area (Å²) < 4.78 is 4.32. The summed E-state index contributed by atoms with van der Waals surface area (Å²) >= 11 is 5.36. The molecule has 0 aliphatic carbocycles. The molecule has 0 aliphatic rings. The molecule has 2 unspecified atom stereocenters. The summed E-state index contributed by atoms with van der Waals surface area (Å²) in [6, 6.07) is 0. The summed E-state index contributed by atoms with van der Waals surface area (Å²) in [5, 5.41) is 7.65. The van der Waals surface area contributed by atoms with Crippen LogP contribution in [-0.4, -0.2) is 22.7 Å². The lowest BCUT2D eigenvalue weighted by Crippen LogP contribution is -2.20. The van der Waals surface area contributed by atoms with Crippen molar-refractivity contribution >= 4 is 17.6 Å². The van der Waals surface area contributed by atoms with Crippen LogP contribution >= 0.6 is 11.6 Å². The highest BCUT2D eigenvalue weighted by Crippen LogP contribution is 2.00. The van der Waals surface area contributed by atoms with Gasteiger partial charge in [0.2, 0.25) is 0 Å². The fraction of sp³-hybridized carbons (Fsp3) is 0.500. The van der Waals surface area contributed by atoms with Crippen molar-refractivity contribution in [3.05, 3.63) is 12.7 Å². The fourth-order valence-corrected chi connectivity index (χ4v) is 0.381. The molecule has 0 fully saturated rings. The van der Waals surface area contributed by atoms with E-state index in [0.29, 0.717) is 0 Å². The van der Waals surface area contributed by atoms with E-state index in [1.807, 2.05) is 0 Å². The summed E-state index contributed by atoms with van der Waals surface area (Å²) in [6.07, 6.45) is 0.111. The summed E-state index contributed by atoms with van der Waals surface area (Å²) in [7, 11) is 0. The highest BCUT2D eigenvalue weighted by Gasteiger charge is 2.13. The Balaban J connectivity index is 3.73. The van der Waals surface area contributed by atoms with Gasteiger partial charge in [0.15, 0.2) is 6.29 Å². The minimum atomic E-state index is -1.12. The number of halogens is 1. The third kappa shape index (κ3) is 3.48. The van der Waals surface area contributed by atoms with Crippen molar-refractivity contribution in [3.8, 4) is 0 Å². The van der Waals surface area contributed by atoms with E-state index in [2.05, 4.69) is 11.3 Å². The molecular weight excluding hydrogens is 156 g/mol. The first-order valence-corrected chi connectivity index (χ1v) is 3.16. The first kappa shape index (κ1) is 9.46. The Labute approximate surface area is 64.2 Å². The van der Waals surface area contributed by atoms with Crippen molar-refractivity contribution in [2.24, 2.45) is 0 Å². The van der Waals surface area contributed by atoms with E-state index in [9.17, 15) is 4.79 Å². The lowest BCUT2D eigenvalue weighted by Gasteiger charge is -2.07. The molecule has 0 radical (unpaired) electrons. The number of carbonyl (C=O) groups is 1. The maximum Gasteiger partial charge on any atom is 0.330 e. The zero-order chi connectivity index (χ0) is 8.15. The molecule has 0 amide bonds. The number of hydrogen-bond acceptors (Lipinski definition) is 3. The Morgan fingerprint density at radius 1 is 1.90 bits per heavy atom. The normalized spacial score (nSPS) is 15.5. The van der Waals surface area contributed by atoms with Crippen LogP contribution in [0.15, 0.2) is 12.7 Å². The second-order valence-electron chi connectivity index (χ2n) is 1.67. The third-order valence-corrected chi connectivity index (χ3v) is 1.08. The van der Waals surface area contributed by atoms with Gasteiger partial charge in [-0.1, -0.05) is 6.08 Å². The largest absolute Gasteiger partial charge is 0.435 e. The number of aliphatic hydroxyl groups excluding tert-OH is 1. The first-order valence-electron chi connectivity index (χ1n) is 2.73. The van der Waals surface area contributed by atoms with Gasteiger partial charge in [-0.25, -0.2) is 0 Å². The van der Waals surface area contributed by atoms with Gasteiger partial charge in [-0.15, -0.1) is 18.2 Å². The monoisotopic (exact) mass is 164 g/mol. The van der Waals surface area contributed by atoms with Crippen LogP contribution in [0.1, 0.15) is 6.92 Å². The average molecular weight is 165 g/mol. The number of rotatable bonds is 3. The molecule has 0 aliphatic heterocycles. The smallest absolute Gasteiger partial charge is 0.330 e. The standard InChI is InChI=1S/C6H9ClO3/c1-3-5(7)6(9)10-4(2)8/h3-5,8H,1H2,2H3. The van der Waals surface area contributed by atoms with E-state index in [-0.39, 0.29) is 0 Å². The molecule has 58 valence electrons. The van der Waals surface area contributed by atoms with Crippen molar-refractivity contribution < 1.29 is 14.6 Å². The van der Waals surface area contributed by atoms with E-state index in [4.69, 9.17) is 16.7 Å². The molecule has 0 heterocycles. The van der Waals surface area contributed by atoms with E-state index in [0.717, 1.165) is 0 Å². The number of esters is 1. The van der Waals surface area contributed by atoms with Gasteiger partial charge in [-0.05, 0) is 6.92 Å². The lowest BCUT2D eigenvalue weighted by molar-refractivity contribution is -0.163. The molecule has 3 nitrogen and oxygen atoms in total. The Morgan fingerprint density at radius 2 is 2.40 bits per heavy atom. The van der Waals surface area contributed by atoms with Gasteiger partial charge < -0.3 is 9.84 Å². The molecule has 0 spiro atoms. The van der Waals surface area contributed by atoms with Gasteiger partial charge >= 0.3 is 5.97 Å². The van der Waals surface area contributed by atoms with Crippen molar-refractivity contribution in [2.75, 3.05) is 0 Å². The fourth-order valence-electron chi connectivity index (χ4n) is 0.329. The molecule has 0 saturated heterocycles. The van der Waals surface area contributed by atoms with Crippen LogP contribution in [0.2, 0.25) is 0 Å². The van der Waals surface area contributed by atoms with Gasteiger partial charge in [0.1, 0.15) is 5.38 Å². The van der Waals surface area contributed by atoms with E-state index in [1.54, 1.807) is 0 Å². The molecular formula is C6H9ClO3.